The quantitative estimate of drug-likeness (QED) is 0.545. The van der Waals surface area contributed by atoms with Crippen molar-refractivity contribution < 1.29 is 0 Å². The molecule has 1 saturated carbocycles. The van der Waals surface area contributed by atoms with Crippen LogP contribution in [0.1, 0.15) is 60.3 Å². The van der Waals surface area contributed by atoms with Crippen molar-refractivity contribution in [1.82, 2.24) is 0 Å². The van der Waals surface area contributed by atoms with Gasteiger partial charge in [0, 0.05) is 0 Å². The van der Waals surface area contributed by atoms with Gasteiger partial charge < -0.3 is 0 Å². The van der Waals surface area contributed by atoms with Gasteiger partial charge >= 0.3 is 0 Å². The molecule has 1 fully saturated rings. The van der Waals surface area contributed by atoms with E-state index >= 15 is 0 Å². The van der Waals surface area contributed by atoms with Crippen LogP contribution < -0.4 is 0 Å². The lowest BCUT2D eigenvalue weighted by molar-refractivity contribution is 0.431. The monoisotopic (exact) mass is 253 g/mol. The van der Waals surface area contributed by atoms with E-state index in [-0.39, 0.29) is 0 Å². The second-order valence-electron chi connectivity index (χ2n) is 6.70. The largest absolute Gasteiger partial charge is 0.0857 e. The van der Waals surface area contributed by atoms with Crippen molar-refractivity contribution >= 4 is 7.26 Å². The highest BCUT2D eigenvalue weighted by Crippen LogP contribution is 2.87. The van der Waals surface area contributed by atoms with E-state index in [2.05, 4.69) is 46.5 Å². The SMILES string of the molecule is CCC(C)C(C(C)C)[P+]1(C2(CC)CC2)C=CC1. The molecule has 1 heterocycles. The fraction of sp³-hybridized carbons (Fsp3) is 0.875. The van der Waals surface area contributed by atoms with Crippen molar-refractivity contribution in [3.63, 3.8) is 0 Å². The third-order valence-electron chi connectivity index (χ3n) is 5.59. The van der Waals surface area contributed by atoms with E-state index in [0.29, 0.717) is 0 Å². The Morgan fingerprint density at radius 3 is 2.00 bits per heavy atom. The zero-order chi connectivity index (χ0) is 12.7. The molecule has 0 aromatic heterocycles. The van der Waals surface area contributed by atoms with Crippen LogP contribution in [0.2, 0.25) is 0 Å². The topological polar surface area (TPSA) is 0 Å². The molecule has 98 valence electrons. The van der Waals surface area contributed by atoms with Gasteiger partial charge in [-0.1, -0.05) is 34.6 Å². The zero-order valence-corrected chi connectivity index (χ0v) is 13.3. The minimum Gasteiger partial charge on any atom is -0.0650 e. The molecule has 0 aromatic carbocycles. The van der Waals surface area contributed by atoms with Gasteiger partial charge in [0.05, 0.1) is 30.1 Å². The zero-order valence-electron chi connectivity index (χ0n) is 12.4. The van der Waals surface area contributed by atoms with Gasteiger partial charge in [0.15, 0.2) is 0 Å². The first-order valence-corrected chi connectivity index (χ1v) is 9.69. The summed E-state index contributed by atoms with van der Waals surface area (Å²) >= 11 is 0. The van der Waals surface area contributed by atoms with E-state index in [9.17, 15) is 0 Å². The summed E-state index contributed by atoms with van der Waals surface area (Å²) in [6, 6.07) is 0. The number of rotatable bonds is 6. The van der Waals surface area contributed by atoms with Crippen molar-refractivity contribution in [3.05, 3.63) is 11.9 Å². The van der Waals surface area contributed by atoms with Gasteiger partial charge in [0.1, 0.15) is 0 Å². The van der Waals surface area contributed by atoms with Gasteiger partial charge in [0.25, 0.3) is 0 Å². The number of allylic oxidation sites excluding steroid dienone is 1. The Bertz CT molecular complexity index is 301. The Kier molecular flexibility index (Phi) is 3.75. The van der Waals surface area contributed by atoms with Crippen LogP contribution in [0.25, 0.3) is 0 Å². The molecular formula is C16H30P+. The van der Waals surface area contributed by atoms with Crippen molar-refractivity contribution in [2.45, 2.75) is 71.1 Å². The molecule has 2 rings (SSSR count). The first kappa shape index (κ1) is 13.6. The Hall–Kier alpha value is 0.170. The Labute approximate surface area is 109 Å². The van der Waals surface area contributed by atoms with Gasteiger partial charge in [-0.3, -0.25) is 0 Å². The van der Waals surface area contributed by atoms with Crippen LogP contribution in [0.5, 0.6) is 0 Å². The van der Waals surface area contributed by atoms with Crippen molar-refractivity contribution in [1.29, 1.82) is 0 Å². The third kappa shape index (κ3) is 1.92. The van der Waals surface area contributed by atoms with E-state index in [4.69, 9.17) is 0 Å². The molecule has 1 aliphatic carbocycles. The molecule has 0 bridgehead atoms. The molecule has 2 aliphatic rings. The summed E-state index contributed by atoms with van der Waals surface area (Å²) in [7, 11) is -0.781. The van der Waals surface area contributed by atoms with Crippen LogP contribution >= 0.6 is 7.26 Å². The van der Waals surface area contributed by atoms with E-state index in [1.54, 1.807) is 0 Å². The summed E-state index contributed by atoms with van der Waals surface area (Å²) < 4.78 is 0. The highest BCUT2D eigenvalue weighted by molar-refractivity contribution is 7.82. The Balaban J connectivity index is 2.30. The molecule has 1 aliphatic heterocycles. The average Bonchev–Trinajstić information content (AvgIpc) is 3.02. The fourth-order valence-electron chi connectivity index (χ4n) is 4.31. The van der Waals surface area contributed by atoms with E-state index in [0.717, 1.165) is 22.7 Å². The summed E-state index contributed by atoms with van der Waals surface area (Å²) in [5.74, 6) is 4.49. The molecule has 3 atom stereocenters. The molecule has 0 aromatic rings. The van der Waals surface area contributed by atoms with Crippen LogP contribution in [-0.4, -0.2) is 17.0 Å². The van der Waals surface area contributed by atoms with Crippen LogP contribution in [0.4, 0.5) is 0 Å². The van der Waals surface area contributed by atoms with Gasteiger partial charge in [0.2, 0.25) is 0 Å². The second kappa shape index (κ2) is 4.69. The van der Waals surface area contributed by atoms with E-state index < -0.39 is 7.26 Å². The summed E-state index contributed by atoms with van der Waals surface area (Å²) in [5.41, 5.74) is 1.000. The molecule has 0 radical (unpaired) electrons. The highest BCUT2D eigenvalue weighted by atomic mass is 31.2. The molecule has 0 amide bonds. The predicted molar refractivity (Wildman–Crippen MR) is 81.3 cm³/mol. The van der Waals surface area contributed by atoms with Crippen LogP contribution in [0.3, 0.4) is 0 Å². The number of hydrogen-bond acceptors (Lipinski definition) is 0. The maximum atomic E-state index is 2.71. The maximum absolute atomic E-state index is 2.71. The smallest absolute Gasteiger partial charge is 0.0650 e. The van der Waals surface area contributed by atoms with Crippen LogP contribution in [-0.2, 0) is 0 Å². The van der Waals surface area contributed by atoms with Crippen LogP contribution in [0, 0.1) is 11.8 Å². The lowest BCUT2D eigenvalue weighted by Crippen LogP contribution is -2.36. The molecular weight excluding hydrogens is 223 g/mol. The van der Waals surface area contributed by atoms with Gasteiger partial charge in [-0.25, -0.2) is 0 Å². The third-order valence-corrected chi connectivity index (χ3v) is 11.8. The van der Waals surface area contributed by atoms with E-state index in [1.165, 1.54) is 31.8 Å². The minimum absolute atomic E-state index is 0.781. The average molecular weight is 253 g/mol. The molecule has 0 saturated heterocycles. The fourth-order valence-corrected chi connectivity index (χ4v) is 10.5. The van der Waals surface area contributed by atoms with Gasteiger partial charge in [-0.05, 0) is 43.6 Å². The number of hydrogen-bond donors (Lipinski definition) is 0. The second-order valence-corrected chi connectivity index (χ2v) is 10.8. The van der Waals surface area contributed by atoms with Crippen molar-refractivity contribution in [2.75, 3.05) is 6.16 Å². The first-order chi connectivity index (χ1) is 8.03. The molecule has 0 nitrogen and oxygen atoms in total. The van der Waals surface area contributed by atoms with Gasteiger partial charge in [-0.2, -0.15) is 0 Å². The lowest BCUT2D eigenvalue weighted by Gasteiger charge is -2.46. The first-order valence-electron chi connectivity index (χ1n) is 7.58. The maximum Gasteiger partial charge on any atom is 0.0857 e. The van der Waals surface area contributed by atoms with Gasteiger partial charge in [-0.15, -0.1) is 0 Å². The summed E-state index contributed by atoms with van der Waals surface area (Å²) in [6.45, 7) is 12.3. The molecule has 0 spiro atoms. The summed E-state index contributed by atoms with van der Waals surface area (Å²) in [5, 5.41) is 0.792. The molecule has 1 heteroatoms. The normalized spacial score (nSPS) is 33.3. The summed E-state index contributed by atoms with van der Waals surface area (Å²) in [6.07, 6.45) is 9.79. The van der Waals surface area contributed by atoms with E-state index in [1.807, 2.05) is 0 Å². The lowest BCUT2D eigenvalue weighted by atomic mass is 9.96. The Morgan fingerprint density at radius 2 is 1.76 bits per heavy atom. The standard InChI is InChI=1S/C16H30P/c1-6-14(5)15(13(3)4)17(11-8-12-17)16(7-2)9-10-16/h8,11,13-15H,6-7,9-10,12H2,1-5H3/q+1. The molecule has 17 heavy (non-hydrogen) atoms. The summed E-state index contributed by atoms with van der Waals surface area (Å²) in [4.78, 5) is 0. The van der Waals surface area contributed by atoms with Crippen LogP contribution in [0.15, 0.2) is 11.9 Å². The molecule has 3 unspecified atom stereocenters. The minimum atomic E-state index is -0.781. The molecule has 0 N–H and O–H groups in total. The van der Waals surface area contributed by atoms with Crippen molar-refractivity contribution in [2.24, 2.45) is 11.8 Å². The Morgan fingerprint density at radius 1 is 1.18 bits per heavy atom. The van der Waals surface area contributed by atoms with Crippen molar-refractivity contribution in [3.8, 4) is 0 Å². The predicted octanol–water partition coefficient (Wildman–Crippen LogP) is 5.54. The highest BCUT2D eigenvalue weighted by Gasteiger charge is 2.69.